The standard InChI is InChI=1S/C24H38N2O/c1-2-3-19-26-23(21-17-13-14-18-22(21)24(26)27)25-20-15-11-9-7-5-4-6-8-10-12-16-20/h13-14,17-18,20,23,25H,2-12,15-16,19H2,1H3/t23-/m1/s1. The van der Waals surface area contributed by atoms with E-state index in [0.29, 0.717) is 6.04 Å². The maximum Gasteiger partial charge on any atom is 0.255 e. The average Bonchev–Trinajstić information content (AvgIpc) is 2.94. The summed E-state index contributed by atoms with van der Waals surface area (Å²) in [4.78, 5) is 15.0. The number of hydrogen-bond donors (Lipinski definition) is 1. The Hall–Kier alpha value is -1.35. The van der Waals surface area contributed by atoms with E-state index in [1.807, 2.05) is 12.1 Å². The summed E-state index contributed by atoms with van der Waals surface area (Å²) in [6.07, 6.45) is 17.1. The van der Waals surface area contributed by atoms with Crippen LogP contribution in [-0.2, 0) is 0 Å². The third kappa shape index (κ3) is 5.57. The number of hydrogen-bond acceptors (Lipinski definition) is 2. The minimum absolute atomic E-state index is 0.0677. The Kier molecular flexibility index (Phi) is 8.19. The summed E-state index contributed by atoms with van der Waals surface area (Å²) in [7, 11) is 0. The topological polar surface area (TPSA) is 32.3 Å². The van der Waals surface area contributed by atoms with Crippen molar-refractivity contribution in [3.8, 4) is 0 Å². The Labute approximate surface area is 165 Å². The molecule has 3 rings (SSSR count). The Bertz CT molecular complexity index is 573. The van der Waals surface area contributed by atoms with Crippen LogP contribution in [0.5, 0.6) is 0 Å². The number of carbonyl (C=O) groups is 1. The van der Waals surface area contributed by atoms with Crippen molar-refractivity contribution < 1.29 is 4.79 Å². The summed E-state index contributed by atoms with van der Waals surface area (Å²) in [5.41, 5.74) is 2.09. The molecular formula is C24H38N2O. The lowest BCUT2D eigenvalue weighted by Crippen LogP contribution is -2.42. The van der Waals surface area contributed by atoms with Gasteiger partial charge < -0.3 is 4.90 Å². The van der Waals surface area contributed by atoms with Crippen LogP contribution >= 0.6 is 0 Å². The summed E-state index contributed by atoms with van der Waals surface area (Å²) >= 11 is 0. The summed E-state index contributed by atoms with van der Waals surface area (Å²) < 4.78 is 0. The van der Waals surface area contributed by atoms with E-state index >= 15 is 0 Å². The molecule has 3 heteroatoms. The van der Waals surface area contributed by atoms with Gasteiger partial charge in [-0.3, -0.25) is 10.1 Å². The predicted octanol–water partition coefficient (Wildman–Crippen LogP) is 6.20. The van der Waals surface area contributed by atoms with E-state index in [4.69, 9.17) is 0 Å². The van der Waals surface area contributed by atoms with Crippen LogP contribution in [0, 0.1) is 0 Å². The number of nitrogens with zero attached hydrogens (tertiary/aromatic N) is 1. The molecule has 0 bridgehead atoms. The van der Waals surface area contributed by atoms with Crippen molar-refractivity contribution in [2.75, 3.05) is 6.54 Å². The molecule has 0 unspecified atom stereocenters. The molecule has 1 aromatic rings. The number of carbonyl (C=O) groups excluding carboxylic acids is 1. The molecule has 1 saturated carbocycles. The van der Waals surface area contributed by atoms with Crippen LogP contribution < -0.4 is 5.32 Å². The molecule has 1 amide bonds. The first-order valence-corrected chi connectivity index (χ1v) is 11.5. The molecule has 3 nitrogen and oxygen atoms in total. The van der Waals surface area contributed by atoms with E-state index in [2.05, 4.69) is 29.3 Å². The Balaban J connectivity index is 1.69. The Morgan fingerprint density at radius 3 is 2.15 bits per heavy atom. The van der Waals surface area contributed by atoms with Gasteiger partial charge in [-0.2, -0.15) is 0 Å². The first-order valence-electron chi connectivity index (χ1n) is 11.5. The maximum atomic E-state index is 12.9. The summed E-state index contributed by atoms with van der Waals surface area (Å²) in [6, 6.07) is 8.74. The SMILES string of the molecule is CCCCN1C(=O)c2ccccc2[C@@H]1NC1CCCCCCCCCCC1. The van der Waals surface area contributed by atoms with Crippen molar-refractivity contribution in [1.29, 1.82) is 0 Å². The highest BCUT2D eigenvalue weighted by Gasteiger charge is 2.36. The van der Waals surface area contributed by atoms with Crippen LogP contribution in [0.4, 0.5) is 0 Å². The minimum atomic E-state index is 0.0677. The van der Waals surface area contributed by atoms with Gasteiger partial charge in [0.05, 0.1) is 0 Å². The van der Waals surface area contributed by atoms with Crippen LogP contribution in [-0.4, -0.2) is 23.4 Å². The van der Waals surface area contributed by atoms with Crippen molar-refractivity contribution >= 4 is 5.91 Å². The van der Waals surface area contributed by atoms with Crippen molar-refractivity contribution in [3.63, 3.8) is 0 Å². The van der Waals surface area contributed by atoms with E-state index in [-0.39, 0.29) is 12.1 Å². The van der Waals surface area contributed by atoms with Gasteiger partial charge in [-0.1, -0.05) is 89.3 Å². The second kappa shape index (κ2) is 10.8. The zero-order valence-corrected chi connectivity index (χ0v) is 17.2. The van der Waals surface area contributed by atoms with Crippen LogP contribution in [0.3, 0.4) is 0 Å². The molecule has 0 saturated heterocycles. The summed E-state index contributed by atoms with van der Waals surface area (Å²) in [6.45, 7) is 3.05. The largest absolute Gasteiger partial charge is 0.319 e. The fraction of sp³-hybridized carbons (Fsp3) is 0.708. The predicted molar refractivity (Wildman–Crippen MR) is 113 cm³/mol. The molecule has 0 aromatic heterocycles. The van der Waals surface area contributed by atoms with Gasteiger partial charge >= 0.3 is 0 Å². The van der Waals surface area contributed by atoms with Gasteiger partial charge in [0.2, 0.25) is 0 Å². The van der Waals surface area contributed by atoms with Crippen LogP contribution in [0.25, 0.3) is 0 Å². The van der Waals surface area contributed by atoms with E-state index in [1.54, 1.807) is 0 Å². The smallest absolute Gasteiger partial charge is 0.255 e. The molecule has 1 N–H and O–H groups in total. The second-order valence-corrected chi connectivity index (χ2v) is 8.46. The zero-order valence-electron chi connectivity index (χ0n) is 17.2. The van der Waals surface area contributed by atoms with Crippen LogP contribution in [0.1, 0.15) is 112 Å². The lowest BCUT2D eigenvalue weighted by atomic mass is 9.97. The van der Waals surface area contributed by atoms with Crippen molar-refractivity contribution in [3.05, 3.63) is 35.4 Å². The molecule has 1 fully saturated rings. The number of benzene rings is 1. The molecule has 1 aliphatic carbocycles. The number of unbranched alkanes of at least 4 members (excludes halogenated alkanes) is 1. The molecular weight excluding hydrogens is 332 g/mol. The number of nitrogens with one attached hydrogen (secondary N) is 1. The highest BCUT2D eigenvalue weighted by molar-refractivity contribution is 5.99. The third-order valence-electron chi connectivity index (χ3n) is 6.31. The minimum Gasteiger partial charge on any atom is -0.319 e. The van der Waals surface area contributed by atoms with E-state index in [0.717, 1.165) is 24.9 Å². The molecule has 1 atom stereocenters. The molecule has 1 heterocycles. The van der Waals surface area contributed by atoms with Crippen LogP contribution in [0.2, 0.25) is 0 Å². The van der Waals surface area contributed by atoms with Gasteiger partial charge in [-0.15, -0.1) is 0 Å². The van der Waals surface area contributed by atoms with Gasteiger partial charge in [0, 0.05) is 23.7 Å². The number of rotatable bonds is 5. The lowest BCUT2D eigenvalue weighted by Gasteiger charge is -2.31. The normalized spacial score (nSPS) is 22.9. The Morgan fingerprint density at radius 2 is 1.52 bits per heavy atom. The highest BCUT2D eigenvalue weighted by atomic mass is 16.2. The Morgan fingerprint density at radius 1 is 0.926 bits per heavy atom. The zero-order chi connectivity index (χ0) is 18.9. The van der Waals surface area contributed by atoms with E-state index < -0.39 is 0 Å². The highest BCUT2D eigenvalue weighted by Crippen LogP contribution is 2.33. The first-order chi connectivity index (χ1) is 13.3. The lowest BCUT2D eigenvalue weighted by molar-refractivity contribution is 0.0674. The fourth-order valence-electron chi connectivity index (χ4n) is 4.66. The molecule has 27 heavy (non-hydrogen) atoms. The molecule has 0 spiro atoms. The molecule has 150 valence electrons. The molecule has 1 aromatic carbocycles. The quantitative estimate of drug-likeness (QED) is 0.669. The summed E-state index contributed by atoms with van der Waals surface area (Å²) in [5, 5.41) is 3.92. The van der Waals surface area contributed by atoms with Gasteiger partial charge in [0.15, 0.2) is 0 Å². The second-order valence-electron chi connectivity index (χ2n) is 8.46. The van der Waals surface area contributed by atoms with Gasteiger partial charge in [0.1, 0.15) is 6.17 Å². The van der Waals surface area contributed by atoms with E-state index in [1.165, 1.54) is 76.2 Å². The first kappa shape index (κ1) is 20.4. The van der Waals surface area contributed by atoms with Crippen molar-refractivity contribution in [2.45, 2.75) is 103 Å². The van der Waals surface area contributed by atoms with E-state index in [9.17, 15) is 4.79 Å². The third-order valence-corrected chi connectivity index (χ3v) is 6.31. The van der Waals surface area contributed by atoms with Gasteiger partial charge in [0.25, 0.3) is 5.91 Å². The van der Waals surface area contributed by atoms with Gasteiger partial charge in [-0.25, -0.2) is 0 Å². The summed E-state index contributed by atoms with van der Waals surface area (Å²) in [5.74, 6) is 0.213. The average molecular weight is 371 g/mol. The van der Waals surface area contributed by atoms with Crippen molar-refractivity contribution in [2.24, 2.45) is 0 Å². The molecule has 0 radical (unpaired) electrons. The number of amides is 1. The van der Waals surface area contributed by atoms with Crippen molar-refractivity contribution in [1.82, 2.24) is 10.2 Å². The van der Waals surface area contributed by atoms with Gasteiger partial charge in [-0.05, 0) is 25.3 Å². The maximum absolute atomic E-state index is 12.9. The fourth-order valence-corrected chi connectivity index (χ4v) is 4.66. The molecule has 2 aliphatic rings. The number of fused-ring (bicyclic) bond motifs is 1. The molecule has 1 aliphatic heterocycles. The van der Waals surface area contributed by atoms with Crippen LogP contribution in [0.15, 0.2) is 24.3 Å². The monoisotopic (exact) mass is 370 g/mol.